The first kappa shape index (κ1) is 11.9. The Balaban J connectivity index is 2.19. The summed E-state index contributed by atoms with van der Waals surface area (Å²) in [6, 6.07) is 4.52. The third-order valence-corrected chi connectivity index (χ3v) is 2.93. The maximum Gasteiger partial charge on any atom is 0.263 e. The zero-order valence-electron chi connectivity index (χ0n) is 9.65. The molecule has 1 aliphatic rings. The SMILES string of the molecule is CN1CCC(Oc2cccc(F)c2CN)C1=O. The molecule has 4 nitrogen and oxygen atoms in total. The highest BCUT2D eigenvalue weighted by molar-refractivity contribution is 5.83. The van der Waals surface area contributed by atoms with Crippen LogP contribution < -0.4 is 10.5 Å². The number of nitrogens with zero attached hydrogens (tertiary/aromatic N) is 1. The van der Waals surface area contributed by atoms with E-state index >= 15 is 0 Å². The van der Waals surface area contributed by atoms with Crippen molar-refractivity contribution < 1.29 is 13.9 Å². The van der Waals surface area contributed by atoms with Crippen molar-refractivity contribution in [1.29, 1.82) is 0 Å². The smallest absolute Gasteiger partial charge is 0.263 e. The molecule has 1 amide bonds. The van der Waals surface area contributed by atoms with Crippen LogP contribution in [-0.2, 0) is 11.3 Å². The average molecular weight is 238 g/mol. The fraction of sp³-hybridized carbons (Fsp3) is 0.417. The van der Waals surface area contributed by atoms with Crippen LogP contribution in [0.4, 0.5) is 4.39 Å². The van der Waals surface area contributed by atoms with Gasteiger partial charge in [-0.05, 0) is 12.1 Å². The summed E-state index contributed by atoms with van der Waals surface area (Å²) >= 11 is 0. The number of hydrogen-bond donors (Lipinski definition) is 1. The minimum atomic E-state index is -0.521. The van der Waals surface area contributed by atoms with Crippen LogP contribution in [0.1, 0.15) is 12.0 Å². The molecule has 0 aliphatic carbocycles. The molecule has 1 aliphatic heterocycles. The average Bonchev–Trinajstić information content (AvgIpc) is 2.61. The fourth-order valence-electron chi connectivity index (χ4n) is 1.90. The summed E-state index contributed by atoms with van der Waals surface area (Å²) in [7, 11) is 1.72. The largest absolute Gasteiger partial charge is 0.480 e. The van der Waals surface area contributed by atoms with Crippen LogP contribution in [0, 0.1) is 5.82 Å². The van der Waals surface area contributed by atoms with Gasteiger partial charge in [-0.3, -0.25) is 4.79 Å². The Morgan fingerprint density at radius 3 is 2.94 bits per heavy atom. The standard InChI is InChI=1S/C12H15FN2O2/c1-15-6-5-11(12(15)16)17-10-4-2-3-9(13)8(10)7-14/h2-4,11H,5-7,14H2,1H3. The molecule has 17 heavy (non-hydrogen) atoms. The van der Waals surface area contributed by atoms with Crippen LogP contribution in [0.2, 0.25) is 0 Å². The van der Waals surface area contributed by atoms with Gasteiger partial charge in [-0.25, -0.2) is 4.39 Å². The van der Waals surface area contributed by atoms with E-state index in [1.165, 1.54) is 6.07 Å². The van der Waals surface area contributed by atoms with Crippen LogP contribution in [0.3, 0.4) is 0 Å². The second-order valence-corrected chi connectivity index (χ2v) is 4.08. The Morgan fingerprint density at radius 1 is 1.59 bits per heavy atom. The van der Waals surface area contributed by atoms with E-state index in [4.69, 9.17) is 10.5 Å². The lowest BCUT2D eigenvalue weighted by Crippen LogP contribution is -2.29. The fourth-order valence-corrected chi connectivity index (χ4v) is 1.90. The summed E-state index contributed by atoms with van der Waals surface area (Å²) in [4.78, 5) is 13.3. The first-order chi connectivity index (χ1) is 8.13. The quantitative estimate of drug-likeness (QED) is 0.851. The summed E-state index contributed by atoms with van der Waals surface area (Å²) in [5, 5.41) is 0. The van der Waals surface area contributed by atoms with Gasteiger partial charge < -0.3 is 15.4 Å². The second kappa shape index (κ2) is 4.71. The van der Waals surface area contributed by atoms with Crippen molar-refractivity contribution in [1.82, 2.24) is 4.90 Å². The minimum absolute atomic E-state index is 0.0543. The molecule has 5 heteroatoms. The summed E-state index contributed by atoms with van der Waals surface area (Å²) in [6.45, 7) is 0.718. The highest BCUT2D eigenvalue weighted by Crippen LogP contribution is 2.24. The molecule has 1 heterocycles. The van der Waals surface area contributed by atoms with Gasteiger partial charge in [0.25, 0.3) is 5.91 Å². The van der Waals surface area contributed by atoms with Gasteiger partial charge in [-0.15, -0.1) is 0 Å². The van der Waals surface area contributed by atoms with Gasteiger partial charge in [0, 0.05) is 32.1 Å². The van der Waals surface area contributed by atoms with Gasteiger partial charge in [0.15, 0.2) is 6.10 Å². The number of carbonyl (C=O) groups excluding carboxylic acids is 1. The lowest BCUT2D eigenvalue weighted by atomic mass is 10.2. The maximum atomic E-state index is 13.4. The van der Waals surface area contributed by atoms with E-state index in [2.05, 4.69) is 0 Å². The van der Waals surface area contributed by atoms with Gasteiger partial charge >= 0.3 is 0 Å². The van der Waals surface area contributed by atoms with Gasteiger partial charge in [0.2, 0.25) is 0 Å². The van der Waals surface area contributed by atoms with Crippen LogP contribution >= 0.6 is 0 Å². The van der Waals surface area contributed by atoms with Gasteiger partial charge in [-0.2, -0.15) is 0 Å². The van der Waals surface area contributed by atoms with Crippen LogP contribution in [0.15, 0.2) is 18.2 Å². The van der Waals surface area contributed by atoms with Crippen molar-refractivity contribution in [2.45, 2.75) is 19.1 Å². The van der Waals surface area contributed by atoms with Crippen molar-refractivity contribution in [2.24, 2.45) is 5.73 Å². The van der Waals surface area contributed by atoms with E-state index in [1.807, 2.05) is 0 Å². The Bertz CT molecular complexity index is 437. The van der Waals surface area contributed by atoms with Gasteiger partial charge in [0.05, 0.1) is 0 Å². The zero-order valence-corrected chi connectivity index (χ0v) is 9.65. The predicted octanol–water partition coefficient (Wildman–Crippen LogP) is 0.894. The number of halogens is 1. The van der Waals surface area contributed by atoms with Crippen molar-refractivity contribution in [3.8, 4) is 5.75 Å². The molecule has 1 aromatic carbocycles. The number of likely N-dealkylation sites (N-methyl/N-ethyl adjacent to an activating group) is 1. The summed E-state index contributed by atoms with van der Waals surface area (Å²) in [5.74, 6) is -0.109. The number of carbonyl (C=O) groups is 1. The van der Waals surface area contributed by atoms with Gasteiger partial charge in [-0.1, -0.05) is 6.07 Å². The van der Waals surface area contributed by atoms with E-state index in [0.717, 1.165) is 0 Å². The molecule has 2 rings (SSSR count). The first-order valence-electron chi connectivity index (χ1n) is 5.52. The number of amides is 1. The van der Waals surface area contributed by atoms with Crippen molar-refractivity contribution >= 4 is 5.91 Å². The van der Waals surface area contributed by atoms with Crippen LogP contribution in [0.5, 0.6) is 5.75 Å². The monoisotopic (exact) mass is 238 g/mol. The molecule has 1 saturated heterocycles. The second-order valence-electron chi connectivity index (χ2n) is 4.08. The summed E-state index contributed by atoms with van der Waals surface area (Å²) in [6.07, 6.45) is 0.0997. The Hall–Kier alpha value is -1.62. The highest BCUT2D eigenvalue weighted by atomic mass is 19.1. The molecular weight excluding hydrogens is 223 g/mol. The minimum Gasteiger partial charge on any atom is -0.480 e. The molecule has 2 N–H and O–H groups in total. The number of ether oxygens (including phenoxy) is 1. The summed E-state index contributed by atoms with van der Waals surface area (Å²) < 4.78 is 19.0. The Morgan fingerprint density at radius 2 is 2.35 bits per heavy atom. The molecule has 0 radical (unpaired) electrons. The van der Waals surface area contributed by atoms with Crippen molar-refractivity contribution in [2.75, 3.05) is 13.6 Å². The summed E-state index contributed by atoms with van der Waals surface area (Å²) in [5.41, 5.74) is 5.79. The van der Waals surface area contributed by atoms with E-state index in [-0.39, 0.29) is 12.5 Å². The lowest BCUT2D eigenvalue weighted by molar-refractivity contribution is -0.132. The molecule has 92 valence electrons. The van der Waals surface area contributed by atoms with Crippen LogP contribution in [-0.4, -0.2) is 30.5 Å². The highest BCUT2D eigenvalue weighted by Gasteiger charge is 2.31. The van der Waals surface area contributed by atoms with Crippen molar-refractivity contribution in [3.63, 3.8) is 0 Å². The molecule has 1 fully saturated rings. The Kier molecular flexibility index (Phi) is 3.28. The third kappa shape index (κ3) is 2.24. The maximum absolute atomic E-state index is 13.4. The Labute approximate surface area is 99.2 Å². The molecular formula is C12H15FN2O2. The van der Waals surface area contributed by atoms with Crippen LogP contribution in [0.25, 0.3) is 0 Å². The molecule has 1 aromatic rings. The van der Waals surface area contributed by atoms with E-state index in [0.29, 0.717) is 24.3 Å². The molecule has 0 aromatic heterocycles. The topological polar surface area (TPSA) is 55.6 Å². The molecule has 0 saturated carbocycles. The van der Waals surface area contributed by atoms with E-state index in [1.54, 1.807) is 24.1 Å². The number of rotatable bonds is 3. The number of hydrogen-bond acceptors (Lipinski definition) is 3. The molecule has 1 unspecified atom stereocenters. The van der Waals surface area contributed by atoms with E-state index in [9.17, 15) is 9.18 Å². The normalized spacial score (nSPS) is 19.8. The molecule has 0 spiro atoms. The first-order valence-corrected chi connectivity index (χ1v) is 5.52. The third-order valence-electron chi connectivity index (χ3n) is 2.93. The number of benzene rings is 1. The number of nitrogens with two attached hydrogens (primary N) is 1. The number of likely N-dealkylation sites (tertiary alicyclic amines) is 1. The predicted molar refractivity (Wildman–Crippen MR) is 61.0 cm³/mol. The lowest BCUT2D eigenvalue weighted by Gasteiger charge is -2.15. The molecule has 0 bridgehead atoms. The van der Waals surface area contributed by atoms with Crippen molar-refractivity contribution in [3.05, 3.63) is 29.6 Å². The molecule has 1 atom stereocenters. The van der Waals surface area contributed by atoms with E-state index < -0.39 is 11.9 Å². The van der Waals surface area contributed by atoms with Gasteiger partial charge in [0.1, 0.15) is 11.6 Å². The zero-order chi connectivity index (χ0) is 12.4.